The van der Waals surface area contributed by atoms with Crippen LogP contribution in [-0.2, 0) is 14.6 Å². The number of carbonyl (C=O) groups excluding carboxylic acids is 1. The molecule has 2 rings (SSSR count). The van der Waals surface area contributed by atoms with Gasteiger partial charge < -0.3 is 11.1 Å². The zero-order valence-electron chi connectivity index (χ0n) is 10.1. The first-order valence-corrected chi connectivity index (χ1v) is 7.50. The predicted octanol–water partition coefficient (Wildman–Crippen LogP) is -0.552. The Balaban J connectivity index is 2.25. The average Bonchev–Trinajstić information content (AvgIpc) is 2.81. The summed E-state index contributed by atoms with van der Waals surface area (Å²) >= 11 is 0. The number of anilines is 1. The molecule has 0 saturated carbocycles. The third-order valence-electron chi connectivity index (χ3n) is 2.87. The lowest BCUT2D eigenvalue weighted by atomic mass is 10.3. The van der Waals surface area contributed by atoms with Crippen LogP contribution in [0.5, 0.6) is 0 Å². The van der Waals surface area contributed by atoms with Crippen molar-refractivity contribution in [3.05, 3.63) is 11.8 Å². The monoisotopic (exact) mass is 272 g/mol. The molecule has 1 saturated heterocycles. The van der Waals surface area contributed by atoms with Gasteiger partial charge in [0.25, 0.3) is 0 Å². The van der Waals surface area contributed by atoms with Crippen LogP contribution < -0.4 is 11.1 Å². The van der Waals surface area contributed by atoms with Crippen LogP contribution in [0.2, 0.25) is 0 Å². The second kappa shape index (κ2) is 4.69. The van der Waals surface area contributed by atoms with Gasteiger partial charge in [-0.1, -0.05) is 0 Å². The standard InChI is InChI=1S/C10H16N4O3S/c1-7-4-9(12-10(15)5-11)14(13-7)8-2-3-18(16,17)6-8/h4,8H,2-3,5-6,11H2,1H3,(H,12,15)/t8-/m1/s1. The molecule has 0 aliphatic carbocycles. The summed E-state index contributed by atoms with van der Waals surface area (Å²) in [5.74, 6) is 0.419. The third kappa shape index (κ3) is 2.70. The number of aryl methyl sites for hydroxylation is 1. The molecule has 0 bridgehead atoms. The predicted molar refractivity (Wildman–Crippen MR) is 67.0 cm³/mol. The Bertz CT molecular complexity index is 564. The molecule has 1 aliphatic heterocycles. The highest BCUT2D eigenvalue weighted by atomic mass is 32.2. The number of nitrogens with zero attached hydrogens (tertiary/aromatic N) is 2. The van der Waals surface area contributed by atoms with Crippen molar-refractivity contribution in [1.29, 1.82) is 0 Å². The molecule has 1 aliphatic rings. The normalized spacial score (nSPS) is 22.0. The van der Waals surface area contributed by atoms with E-state index in [4.69, 9.17) is 5.73 Å². The molecule has 18 heavy (non-hydrogen) atoms. The number of amides is 1. The van der Waals surface area contributed by atoms with Crippen molar-refractivity contribution in [2.75, 3.05) is 23.4 Å². The molecular weight excluding hydrogens is 256 g/mol. The molecule has 1 amide bonds. The number of rotatable bonds is 3. The van der Waals surface area contributed by atoms with E-state index in [9.17, 15) is 13.2 Å². The molecule has 0 spiro atoms. The van der Waals surface area contributed by atoms with E-state index in [1.807, 2.05) is 0 Å². The maximum atomic E-state index is 11.5. The molecule has 1 aromatic heterocycles. The highest BCUT2D eigenvalue weighted by molar-refractivity contribution is 7.91. The fourth-order valence-corrected chi connectivity index (χ4v) is 3.74. The van der Waals surface area contributed by atoms with Crippen LogP contribution >= 0.6 is 0 Å². The van der Waals surface area contributed by atoms with Crippen LogP contribution in [0, 0.1) is 6.92 Å². The SMILES string of the molecule is Cc1cc(NC(=O)CN)n([C@@H]2CCS(=O)(=O)C2)n1. The summed E-state index contributed by atoms with van der Waals surface area (Å²) in [5, 5.41) is 6.87. The van der Waals surface area contributed by atoms with Gasteiger partial charge in [-0.25, -0.2) is 13.1 Å². The van der Waals surface area contributed by atoms with Gasteiger partial charge in [-0.05, 0) is 13.3 Å². The summed E-state index contributed by atoms with van der Waals surface area (Å²) in [7, 11) is -2.98. The van der Waals surface area contributed by atoms with Crippen molar-refractivity contribution in [2.24, 2.45) is 5.73 Å². The molecule has 0 radical (unpaired) electrons. The first-order chi connectivity index (χ1) is 8.41. The quantitative estimate of drug-likeness (QED) is 0.767. The van der Waals surface area contributed by atoms with E-state index >= 15 is 0 Å². The molecular formula is C10H16N4O3S. The van der Waals surface area contributed by atoms with Gasteiger partial charge in [-0.2, -0.15) is 5.10 Å². The van der Waals surface area contributed by atoms with Crippen molar-refractivity contribution in [1.82, 2.24) is 9.78 Å². The number of nitrogens with two attached hydrogens (primary N) is 1. The molecule has 0 unspecified atom stereocenters. The van der Waals surface area contributed by atoms with Crippen LogP contribution in [0.15, 0.2) is 6.07 Å². The highest BCUT2D eigenvalue weighted by Gasteiger charge is 2.31. The smallest absolute Gasteiger partial charge is 0.239 e. The summed E-state index contributed by atoms with van der Waals surface area (Å²) in [4.78, 5) is 11.3. The number of nitrogens with one attached hydrogen (secondary N) is 1. The van der Waals surface area contributed by atoms with E-state index in [0.717, 1.165) is 5.69 Å². The van der Waals surface area contributed by atoms with Crippen LogP contribution in [0.1, 0.15) is 18.2 Å². The van der Waals surface area contributed by atoms with E-state index in [1.54, 1.807) is 17.7 Å². The first kappa shape index (κ1) is 13.0. The third-order valence-corrected chi connectivity index (χ3v) is 4.62. The summed E-state index contributed by atoms with van der Waals surface area (Å²) in [6, 6.07) is 1.50. The minimum atomic E-state index is -2.98. The van der Waals surface area contributed by atoms with Crippen LogP contribution in [-0.4, -0.2) is 42.2 Å². The summed E-state index contributed by atoms with van der Waals surface area (Å²) in [6.07, 6.45) is 0.523. The van der Waals surface area contributed by atoms with Gasteiger partial charge in [0.1, 0.15) is 5.82 Å². The van der Waals surface area contributed by atoms with Crippen LogP contribution in [0.25, 0.3) is 0 Å². The number of hydrogen-bond acceptors (Lipinski definition) is 5. The second-order valence-electron chi connectivity index (χ2n) is 4.42. The summed E-state index contributed by atoms with van der Waals surface area (Å²) in [5.41, 5.74) is 5.96. The van der Waals surface area contributed by atoms with E-state index in [2.05, 4.69) is 10.4 Å². The summed E-state index contributed by atoms with van der Waals surface area (Å²) < 4.78 is 24.5. The van der Waals surface area contributed by atoms with Gasteiger partial charge in [-0.3, -0.25) is 4.79 Å². The Kier molecular flexibility index (Phi) is 3.40. The summed E-state index contributed by atoms with van der Waals surface area (Å²) in [6.45, 7) is 1.67. The molecule has 7 nitrogen and oxygen atoms in total. The van der Waals surface area contributed by atoms with E-state index in [1.165, 1.54) is 0 Å². The lowest BCUT2D eigenvalue weighted by molar-refractivity contribution is -0.114. The van der Waals surface area contributed by atoms with Crippen LogP contribution in [0.4, 0.5) is 5.82 Å². The van der Waals surface area contributed by atoms with Gasteiger partial charge in [0.2, 0.25) is 5.91 Å². The molecule has 1 aromatic rings. The topological polar surface area (TPSA) is 107 Å². The molecule has 8 heteroatoms. The van der Waals surface area contributed by atoms with Crippen LogP contribution in [0.3, 0.4) is 0 Å². The van der Waals surface area contributed by atoms with Gasteiger partial charge in [0.15, 0.2) is 9.84 Å². The largest absolute Gasteiger partial charge is 0.322 e. The Labute approximate surface area is 105 Å². The van der Waals surface area contributed by atoms with Gasteiger partial charge in [0, 0.05) is 6.07 Å². The van der Waals surface area contributed by atoms with Gasteiger partial charge >= 0.3 is 0 Å². The van der Waals surface area contributed by atoms with Crippen molar-refractivity contribution < 1.29 is 13.2 Å². The first-order valence-electron chi connectivity index (χ1n) is 5.68. The molecule has 2 heterocycles. The van der Waals surface area contributed by atoms with Gasteiger partial charge in [0.05, 0.1) is 29.8 Å². The van der Waals surface area contributed by atoms with E-state index in [0.29, 0.717) is 12.2 Å². The number of sulfone groups is 1. The van der Waals surface area contributed by atoms with Crippen molar-refractivity contribution in [2.45, 2.75) is 19.4 Å². The Hall–Kier alpha value is -1.41. The zero-order valence-corrected chi connectivity index (χ0v) is 10.9. The fraction of sp³-hybridized carbons (Fsp3) is 0.600. The highest BCUT2D eigenvalue weighted by Crippen LogP contribution is 2.26. The Morgan fingerprint density at radius 1 is 1.67 bits per heavy atom. The molecule has 1 fully saturated rings. The van der Waals surface area contributed by atoms with E-state index < -0.39 is 9.84 Å². The molecule has 0 aromatic carbocycles. The maximum Gasteiger partial charge on any atom is 0.239 e. The Morgan fingerprint density at radius 3 is 2.94 bits per heavy atom. The number of aromatic nitrogens is 2. The lowest BCUT2D eigenvalue weighted by Crippen LogP contribution is -2.25. The maximum absolute atomic E-state index is 11.5. The minimum Gasteiger partial charge on any atom is -0.322 e. The van der Waals surface area contributed by atoms with E-state index in [-0.39, 0.29) is 30.0 Å². The lowest BCUT2D eigenvalue weighted by Gasteiger charge is -2.13. The Morgan fingerprint density at radius 2 is 2.39 bits per heavy atom. The fourth-order valence-electron chi connectivity index (χ4n) is 2.05. The number of carbonyl (C=O) groups is 1. The van der Waals surface area contributed by atoms with Crippen molar-refractivity contribution in [3.63, 3.8) is 0 Å². The average molecular weight is 272 g/mol. The molecule has 1 atom stereocenters. The van der Waals surface area contributed by atoms with Crippen molar-refractivity contribution >= 4 is 21.6 Å². The van der Waals surface area contributed by atoms with Gasteiger partial charge in [-0.15, -0.1) is 0 Å². The zero-order chi connectivity index (χ0) is 13.3. The van der Waals surface area contributed by atoms with Crippen molar-refractivity contribution in [3.8, 4) is 0 Å². The molecule has 3 N–H and O–H groups in total. The minimum absolute atomic E-state index is 0.0691. The second-order valence-corrected chi connectivity index (χ2v) is 6.65. The number of hydrogen-bond donors (Lipinski definition) is 2. The molecule has 100 valence electrons.